The highest BCUT2D eigenvalue weighted by molar-refractivity contribution is 6.09. The highest BCUT2D eigenvalue weighted by Gasteiger charge is 2.14. The van der Waals surface area contributed by atoms with Crippen LogP contribution < -0.4 is 0 Å². The lowest BCUT2D eigenvalue weighted by Crippen LogP contribution is -2.03. The van der Waals surface area contributed by atoms with Gasteiger partial charge >= 0.3 is 5.97 Å². The number of aromatic carboxylic acids is 1. The van der Waals surface area contributed by atoms with Crippen molar-refractivity contribution in [3.05, 3.63) is 64.7 Å². The van der Waals surface area contributed by atoms with Gasteiger partial charge in [-0.2, -0.15) is 5.26 Å². The van der Waals surface area contributed by atoms with Crippen molar-refractivity contribution in [1.29, 1.82) is 5.26 Å². The molecule has 5 heteroatoms. The van der Waals surface area contributed by atoms with Gasteiger partial charge in [-0.1, -0.05) is 12.1 Å². The number of nitrogens with zero attached hydrogens (tertiary/aromatic N) is 1. The first-order chi connectivity index (χ1) is 9.52. The van der Waals surface area contributed by atoms with Crippen molar-refractivity contribution in [3.63, 3.8) is 0 Å². The number of carboxylic acids is 1. The molecule has 0 saturated carbocycles. The monoisotopic (exact) mass is 267 g/mol. The molecule has 0 atom stereocenters. The fourth-order valence-corrected chi connectivity index (χ4v) is 1.75. The largest absolute Gasteiger partial charge is 0.507 e. The fraction of sp³-hybridized carbons (Fsp3) is 0. The highest BCUT2D eigenvalue weighted by atomic mass is 16.4. The van der Waals surface area contributed by atoms with Crippen molar-refractivity contribution in [2.24, 2.45) is 0 Å². The normalized spacial score (nSPS) is 9.75. The summed E-state index contributed by atoms with van der Waals surface area (Å²) in [6.07, 6.45) is 0. The van der Waals surface area contributed by atoms with E-state index in [2.05, 4.69) is 0 Å². The third-order valence-corrected chi connectivity index (χ3v) is 2.74. The lowest BCUT2D eigenvalue weighted by molar-refractivity contribution is 0.0693. The molecular weight excluding hydrogens is 258 g/mol. The van der Waals surface area contributed by atoms with Crippen molar-refractivity contribution in [1.82, 2.24) is 0 Å². The van der Waals surface area contributed by atoms with Crippen LogP contribution in [0.3, 0.4) is 0 Å². The number of carbonyl (C=O) groups excluding carboxylic acids is 1. The maximum atomic E-state index is 12.2. The molecule has 20 heavy (non-hydrogen) atoms. The van der Waals surface area contributed by atoms with E-state index in [1.807, 2.05) is 6.07 Å². The second-order valence-electron chi connectivity index (χ2n) is 4.06. The molecule has 2 rings (SSSR count). The minimum absolute atomic E-state index is 0.155. The van der Waals surface area contributed by atoms with Crippen molar-refractivity contribution >= 4 is 11.8 Å². The molecule has 98 valence electrons. The molecule has 2 N–H and O–H groups in total. The lowest BCUT2D eigenvalue weighted by atomic mass is 10.00. The van der Waals surface area contributed by atoms with E-state index in [1.165, 1.54) is 18.2 Å². The number of ketones is 1. The smallest absolute Gasteiger partial charge is 0.339 e. The summed E-state index contributed by atoms with van der Waals surface area (Å²) >= 11 is 0. The van der Waals surface area contributed by atoms with E-state index in [1.54, 1.807) is 18.2 Å². The van der Waals surface area contributed by atoms with E-state index < -0.39 is 17.5 Å². The van der Waals surface area contributed by atoms with Crippen LogP contribution in [0.5, 0.6) is 5.75 Å². The quantitative estimate of drug-likeness (QED) is 0.830. The molecule has 0 saturated heterocycles. The van der Waals surface area contributed by atoms with Gasteiger partial charge in [0.05, 0.1) is 11.6 Å². The van der Waals surface area contributed by atoms with E-state index in [0.717, 1.165) is 6.07 Å². The second kappa shape index (κ2) is 5.24. The van der Waals surface area contributed by atoms with Gasteiger partial charge in [0.1, 0.15) is 11.3 Å². The fourth-order valence-electron chi connectivity index (χ4n) is 1.75. The van der Waals surface area contributed by atoms with Crippen LogP contribution in [0.15, 0.2) is 42.5 Å². The molecule has 5 nitrogen and oxygen atoms in total. The molecule has 0 aliphatic heterocycles. The molecule has 2 aromatic rings. The SMILES string of the molecule is N#Cc1cccc(C(=O)c2ccc(C(=O)O)c(O)c2)c1. The average molecular weight is 267 g/mol. The molecule has 0 bridgehead atoms. The Bertz CT molecular complexity index is 744. The highest BCUT2D eigenvalue weighted by Crippen LogP contribution is 2.21. The summed E-state index contributed by atoms with van der Waals surface area (Å²) in [5, 5.41) is 27.2. The van der Waals surface area contributed by atoms with E-state index in [0.29, 0.717) is 11.1 Å². The molecule has 0 heterocycles. The molecule has 0 spiro atoms. The van der Waals surface area contributed by atoms with Crippen molar-refractivity contribution in [2.45, 2.75) is 0 Å². The van der Waals surface area contributed by atoms with Crippen LogP contribution in [0, 0.1) is 11.3 Å². The van der Waals surface area contributed by atoms with E-state index in [-0.39, 0.29) is 11.1 Å². The minimum Gasteiger partial charge on any atom is -0.507 e. The predicted molar refractivity (Wildman–Crippen MR) is 69.7 cm³/mol. The first-order valence-electron chi connectivity index (χ1n) is 5.64. The van der Waals surface area contributed by atoms with Gasteiger partial charge < -0.3 is 10.2 Å². The number of rotatable bonds is 3. The van der Waals surface area contributed by atoms with E-state index in [4.69, 9.17) is 10.4 Å². The number of hydrogen-bond acceptors (Lipinski definition) is 4. The van der Waals surface area contributed by atoms with Crippen LogP contribution in [-0.2, 0) is 0 Å². The summed E-state index contributed by atoms with van der Waals surface area (Å²) in [4.78, 5) is 23.0. The summed E-state index contributed by atoms with van der Waals surface area (Å²) in [5.41, 5.74) is 0.531. The van der Waals surface area contributed by atoms with Gasteiger partial charge in [-0.3, -0.25) is 4.79 Å². The van der Waals surface area contributed by atoms with Gasteiger partial charge in [0, 0.05) is 11.1 Å². The minimum atomic E-state index is -1.27. The third kappa shape index (κ3) is 2.49. The zero-order valence-corrected chi connectivity index (χ0v) is 10.2. The van der Waals surface area contributed by atoms with Crippen molar-refractivity contribution in [2.75, 3.05) is 0 Å². The molecule has 0 aromatic heterocycles. The van der Waals surface area contributed by atoms with Crippen molar-refractivity contribution < 1.29 is 19.8 Å². The maximum Gasteiger partial charge on any atom is 0.339 e. The zero-order valence-electron chi connectivity index (χ0n) is 10.2. The predicted octanol–water partition coefficient (Wildman–Crippen LogP) is 2.19. The average Bonchev–Trinajstić information content (AvgIpc) is 2.46. The van der Waals surface area contributed by atoms with Crippen LogP contribution in [0.2, 0.25) is 0 Å². The van der Waals surface area contributed by atoms with Crippen molar-refractivity contribution in [3.8, 4) is 11.8 Å². The number of nitriles is 1. The van der Waals surface area contributed by atoms with Crippen LogP contribution >= 0.6 is 0 Å². The number of phenols is 1. The number of hydrogen-bond donors (Lipinski definition) is 2. The van der Waals surface area contributed by atoms with Crippen LogP contribution in [0.4, 0.5) is 0 Å². The summed E-state index contributed by atoms with van der Waals surface area (Å²) in [5.74, 6) is -2.14. The van der Waals surface area contributed by atoms with Crippen LogP contribution in [0.1, 0.15) is 31.8 Å². The molecular formula is C15H9NO4. The Morgan fingerprint density at radius 1 is 1.05 bits per heavy atom. The van der Waals surface area contributed by atoms with Gasteiger partial charge in [-0.15, -0.1) is 0 Å². The Morgan fingerprint density at radius 3 is 2.35 bits per heavy atom. The molecule has 0 unspecified atom stereocenters. The molecule has 0 fully saturated rings. The Labute approximate surface area is 114 Å². The topological polar surface area (TPSA) is 98.4 Å². The molecule has 2 aromatic carbocycles. The third-order valence-electron chi connectivity index (χ3n) is 2.74. The Morgan fingerprint density at radius 2 is 1.75 bits per heavy atom. The Balaban J connectivity index is 2.41. The van der Waals surface area contributed by atoms with E-state index >= 15 is 0 Å². The molecule has 0 aliphatic carbocycles. The van der Waals surface area contributed by atoms with Gasteiger partial charge in [0.2, 0.25) is 0 Å². The van der Waals surface area contributed by atoms with Gasteiger partial charge in [0.25, 0.3) is 0 Å². The van der Waals surface area contributed by atoms with Gasteiger partial charge in [-0.05, 0) is 30.3 Å². The first-order valence-corrected chi connectivity index (χ1v) is 5.64. The van der Waals surface area contributed by atoms with Gasteiger partial charge in [-0.25, -0.2) is 4.79 Å². The maximum absolute atomic E-state index is 12.2. The van der Waals surface area contributed by atoms with Crippen LogP contribution in [0.25, 0.3) is 0 Å². The lowest BCUT2D eigenvalue weighted by Gasteiger charge is -2.04. The van der Waals surface area contributed by atoms with E-state index in [9.17, 15) is 14.7 Å². The molecule has 0 radical (unpaired) electrons. The number of carboxylic acid groups (broad SMARTS) is 1. The first kappa shape index (κ1) is 13.3. The summed E-state index contributed by atoms with van der Waals surface area (Å²) in [6.45, 7) is 0. The summed E-state index contributed by atoms with van der Waals surface area (Å²) in [7, 11) is 0. The zero-order chi connectivity index (χ0) is 14.7. The summed E-state index contributed by atoms with van der Waals surface area (Å²) in [6, 6.07) is 11.7. The summed E-state index contributed by atoms with van der Waals surface area (Å²) < 4.78 is 0. The Hall–Kier alpha value is -3.13. The second-order valence-corrected chi connectivity index (χ2v) is 4.06. The standard InChI is InChI=1S/C15H9NO4/c16-8-9-2-1-3-10(6-9)14(18)11-4-5-12(15(19)20)13(17)7-11/h1-7,17H,(H,19,20). The van der Waals surface area contributed by atoms with Gasteiger partial charge in [0.15, 0.2) is 5.78 Å². The number of benzene rings is 2. The molecule has 0 amide bonds. The number of carbonyl (C=O) groups is 2. The van der Waals surface area contributed by atoms with Crippen LogP contribution in [-0.4, -0.2) is 22.0 Å². The Kier molecular flexibility index (Phi) is 3.49. The molecule has 0 aliphatic rings. The number of aromatic hydroxyl groups is 1.